The monoisotopic (exact) mass is 341 g/mol. The summed E-state index contributed by atoms with van der Waals surface area (Å²) >= 11 is 0. The number of nitrogens with zero attached hydrogens (tertiary/aromatic N) is 3. The van der Waals surface area contributed by atoms with Gasteiger partial charge in [-0.1, -0.05) is 5.16 Å². The van der Waals surface area contributed by atoms with Crippen LogP contribution in [0.1, 0.15) is 23.4 Å². The van der Waals surface area contributed by atoms with Crippen molar-refractivity contribution in [1.82, 2.24) is 15.0 Å². The van der Waals surface area contributed by atoms with Gasteiger partial charge in [0.1, 0.15) is 5.76 Å². The van der Waals surface area contributed by atoms with Crippen LogP contribution in [0.3, 0.4) is 0 Å². The Morgan fingerprint density at radius 2 is 1.96 bits per heavy atom. The Hall–Kier alpha value is -1.41. The number of carbonyl (C=O) groups is 1. The summed E-state index contributed by atoms with van der Waals surface area (Å²) in [6.07, 6.45) is 1.04. The molecule has 1 aromatic heterocycles. The maximum Gasteiger partial charge on any atom is 0.227 e. The summed E-state index contributed by atoms with van der Waals surface area (Å²) in [5, 5.41) is 3.88. The fourth-order valence-corrected chi connectivity index (χ4v) is 5.18. The molecule has 0 aliphatic carbocycles. The third kappa shape index (κ3) is 3.58. The molecule has 1 amide bonds. The minimum absolute atomic E-state index is 0.0816. The fraction of sp³-hybridized carbons (Fsp3) is 0.733. The maximum absolute atomic E-state index is 12.4. The van der Waals surface area contributed by atoms with Crippen molar-refractivity contribution in [3.63, 3.8) is 0 Å². The lowest BCUT2D eigenvalue weighted by molar-refractivity contribution is -0.132. The molecule has 0 bridgehead atoms. The minimum Gasteiger partial charge on any atom is -0.361 e. The van der Waals surface area contributed by atoms with E-state index in [9.17, 15) is 13.2 Å². The van der Waals surface area contributed by atoms with E-state index in [0.717, 1.165) is 30.8 Å². The number of sulfone groups is 1. The van der Waals surface area contributed by atoms with E-state index in [1.165, 1.54) is 0 Å². The zero-order chi connectivity index (χ0) is 16.6. The first-order valence-corrected chi connectivity index (χ1v) is 9.82. The lowest BCUT2D eigenvalue weighted by Crippen LogP contribution is -2.52. The molecule has 1 atom stereocenters. The number of aryl methyl sites for hydroxylation is 2. The van der Waals surface area contributed by atoms with E-state index < -0.39 is 9.84 Å². The van der Waals surface area contributed by atoms with Crippen molar-refractivity contribution < 1.29 is 17.7 Å². The first-order chi connectivity index (χ1) is 10.9. The summed E-state index contributed by atoms with van der Waals surface area (Å²) in [7, 11) is -2.86. The molecule has 0 unspecified atom stereocenters. The molecule has 2 aliphatic rings. The third-order valence-corrected chi connectivity index (χ3v) is 6.65. The normalized spacial score (nSPS) is 25.0. The van der Waals surface area contributed by atoms with E-state index in [4.69, 9.17) is 4.52 Å². The fourth-order valence-electron chi connectivity index (χ4n) is 3.42. The van der Waals surface area contributed by atoms with Gasteiger partial charge in [-0.05, 0) is 20.3 Å². The van der Waals surface area contributed by atoms with Crippen molar-refractivity contribution in [2.24, 2.45) is 0 Å². The van der Waals surface area contributed by atoms with E-state index in [1.54, 1.807) is 0 Å². The second-order valence-electron chi connectivity index (χ2n) is 6.45. The second-order valence-corrected chi connectivity index (χ2v) is 8.68. The van der Waals surface area contributed by atoms with Crippen molar-refractivity contribution in [2.45, 2.75) is 32.7 Å². The van der Waals surface area contributed by atoms with Crippen LogP contribution in [0.4, 0.5) is 0 Å². The van der Waals surface area contributed by atoms with E-state index in [1.807, 2.05) is 18.7 Å². The molecule has 23 heavy (non-hydrogen) atoms. The van der Waals surface area contributed by atoms with E-state index in [2.05, 4.69) is 10.1 Å². The summed E-state index contributed by atoms with van der Waals surface area (Å²) in [5.41, 5.74) is 1.64. The average Bonchev–Trinajstić information content (AvgIpc) is 3.04. The molecule has 2 saturated heterocycles. The van der Waals surface area contributed by atoms with Gasteiger partial charge in [0, 0.05) is 37.8 Å². The predicted molar refractivity (Wildman–Crippen MR) is 84.9 cm³/mol. The molecule has 2 aliphatic heterocycles. The third-order valence-electron chi connectivity index (χ3n) is 4.90. The molecule has 0 N–H and O–H groups in total. The zero-order valence-corrected chi connectivity index (χ0v) is 14.4. The van der Waals surface area contributed by atoms with Crippen LogP contribution in [0, 0.1) is 13.8 Å². The highest BCUT2D eigenvalue weighted by molar-refractivity contribution is 7.91. The van der Waals surface area contributed by atoms with Gasteiger partial charge in [-0.3, -0.25) is 9.69 Å². The highest BCUT2D eigenvalue weighted by atomic mass is 32.2. The van der Waals surface area contributed by atoms with Crippen molar-refractivity contribution in [3.8, 4) is 0 Å². The summed E-state index contributed by atoms with van der Waals surface area (Å²) in [5.74, 6) is 1.34. The molecule has 0 saturated carbocycles. The van der Waals surface area contributed by atoms with Crippen LogP contribution >= 0.6 is 0 Å². The standard InChI is InChI=1S/C15H23N3O4S/c1-11-14(12(2)22-16-11)9-15(19)18-6-4-17(5-7-18)13-3-8-23(20,21)10-13/h13H,3-10H2,1-2H3/t13-/m0/s1. The molecule has 0 spiro atoms. The Kier molecular flexibility index (Phi) is 4.46. The Bertz CT molecular complexity index is 670. The summed E-state index contributed by atoms with van der Waals surface area (Å²) in [4.78, 5) is 16.5. The molecular formula is C15H23N3O4S. The quantitative estimate of drug-likeness (QED) is 0.779. The van der Waals surface area contributed by atoms with Crippen LogP contribution in [-0.4, -0.2) is 73.0 Å². The van der Waals surface area contributed by atoms with Crippen molar-refractivity contribution in [1.29, 1.82) is 0 Å². The number of hydrogen-bond acceptors (Lipinski definition) is 6. The van der Waals surface area contributed by atoms with Crippen LogP contribution in [0.25, 0.3) is 0 Å². The molecule has 2 fully saturated rings. The summed E-state index contributed by atoms with van der Waals surface area (Å²) in [6.45, 7) is 6.46. The number of amides is 1. The van der Waals surface area contributed by atoms with Crippen LogP contribution in [-0.2, 0) is 21.1 Å². The number of piperazine rings is 1. The number of aromatic nitrogens is 1. The Balaban J connectivity index is 1.54. The first kappa shape index (κ1) is 16.4. The molecule has 7 nitrogen and oxygen atoms in total. The second kappa shape index (κ2) is 6.24. The highest BCUT2D eigenvalue weighted by Gasteiger charge is 2.34. The average molecular weight is 341 g/mol. The largest absolute Gasteiger partial charge is 0.361 e. The van der Waals surface area contributed by atoms with E-state index in [-0.39, 0.29) is 17.7 Å². The lowest BCUT2D eigenvalue weighted by atomic mass is 10.1. The van der Waals surface area contributed by atoms with Gasteiger partial charge in [0.05, 0.1) is 23.6 Å². The lowest BCUT2D eigenvalue weighted by Gasteiger charge is -2.37. The van der Waals surface area contributed by atoms with Gasteiger partial charge in [0.25, 0.3) is 0 Å². The number of rotatable bonds is 3. The van der Waals surface area contributed by atoms with Gasteiger partial charge in [0.15, 0.2) is 9.84 Å². The first-order valence-electron chi connectivity index (χ1n) is 8.00. The van der Waals surface area contributed by atoms with Gasteiger partial charge in [-0.25, -0.2) is 8.42 Å². The smallest absolute Gasteiger partial charge is 0.227 e. The SMILES string of the molecule is Cc1noc(C)c1CC(=O)N1CCN([C@H]2CCS(=O)(=O)C2)CC1. The Morgan fingerprint density at radius 1 is 1.26 bits per heavy atom. The Labute approximate surface area is 136 Å². The van der Waals surface area contributed by atoms with Gasteiger partial charge in [0.2, 0.25) is 5.91 Å². The van der Waals surface area contributed by atoms with Crippen LogP contribution in [0.2, 0.25) is 0 Å². The molecular weight excluding hydrogens is 318 g/mol. The number of carbonyl (C=O) groups excluding carboxylic acids is 1. The number of hydrogen-bond donors (Lipinski definition) is 0. The minimum atomic E-state index is -2.86. The van der Waals surface area contributed by atoms with Crippen LogP contribution in [0.15, 0.2) is 4.52 Å². The van der Waals surface area contributed by atoms with E-state index >= 15 is 0 Å². The molecule has 0 radical (unpaired) electrons. The van der Waals surface area contributed by atoms with Crippen LogP contribution in [0.5, 0.6) is 0 Å². The van der Waals surface area contributed by atoms with Gasteiger partial charge >= 0.3 is 0 Å². The van der Waals surface area contributed by atoms with E-state index in [0.29, 0.717) is 31.0 Å². The molecule has 3 heterocycles. The van der Waals surface area contributed by atoms with Gasteiger partial charge < -0.3 is 9.42 Å². The van der Waals surface area contributed by atoms with Gasteiger partial charge in [-0.15, -0.1) is 0 Å². The highest BCUT2D eigenvalue weighted by Crippen LogP contribution is 2.20. The maximum atomic E-state index is 12.4. The molecule has 8 heteroatoms. The molecule has 128 valence electrons. The van der Waals surface area contributed by atoms with Crippen molar-refractivity contribution in [2.75, 3.05) is 37.7 Å². The molecule has 1 aromatic rings. The summed E-state index contributed by atoms with van der Waals surface area (Å²) in [6, 6.07) is 0.125. The van der Waals surface area contributed by atoms with Crippen molar-refractivity contribution in [3.05, 3.63) is 17.0 Å². The van der Waals surface area contributed by atoms with Crippen molar-refractivity contribution >= 4 is 15.7 Å². The Morgan fingerprint density at radius 3 is 2.48 bits per heavy atom. The van der Waals surface area contributed by atoms with Crippen LogP contribution < -0.4 is 0 Å². The molecule has 3 rings (SSSR count). The predicted octanol–water partition coefficient (Wildman–Crippen LogP) is 0.165. The zero-order valence-electron chi connectivity index (χ0n) is 13.6. The topological polar surface area (TPSA) is 83.7 Å². The van der Waals surface area contributed by atoms with Gasteiger partial charge in [-0.2, -0.15) is 0 Å². The summed E-state index contributed by atoms with van der Waals surface area (Å²) < 4.78 is 28.3. The molecule has 0 aromatic carbocycles.